The summed E-state index contributed by atoms with van der Waals surface area (Å²) in [6.07, 6.45) is 16.8. The maximum absolute atomic E-state index is 4.03. The van der Waals surface area contributed by atoms with E-state index in [1.807, 2.05) is 32.1 Å². The van der Waals surface area contributed by atoms with E-state index < -0.39 is 16.0 Å². The maximum Gasteiger partial charge on any atom is 2.00 e. The van der Waals surface area contributed by atoms with Gasteiger partial charge < -0.3 is 0 Å². The molecule has 40 heavy (non-hydrogen) atoms. The number of hydrogen-bond acceptors (Lipinski definition) is 1. The van der Waals surface area contributed by atoms with Crippen molar-refractivity contribution in [3.05, 3.63) is 184 Å². The molecule has 2 aliphatic rings. The summed E-state index contributed by atoms with van der Waals surface area (Å²) >= 11 is 0. The van der Waals surface area contributed by atoms with Gasteiger partial charge in [0.1, 0.15) is 0 Å². The molecule has 4 aromatic carbocycles. The van der Waals surface area contributed by atoms with Crippen molar-refractivity contribution in [2.45, 2.75) is 13.0 Å². The van der Waals surface area contributed by atoms with Crippen LogP contribution in [-0.2, 0) is 17.1 Å². The summed E-state index contributed by atoms with van der Waals surface area (Å²) in [5.74, 6) is 1.39. The van der Waals surface area contributed by atoms with Crippen molar-refractivity contribution in [3.63, 3.8) is 0 Å². The first-order valence-corrected chi connectivity index (χ1v) is 16.0. The molecule has 198 valence electrons. The maximum atomic E-state index is 4.03. The van der Waals surface area contributed by atoms with E-state index >= 15 is 0 Å². The van der Waals surface area contributed by atoms with Gasteiger partial charge in [-0.05, 0) is 87.4 Å². The van der Waals surface area contributed by atoms with Gasteiger partial charge in [-0.15, -0.1) is 0 Å². The SMILES string of the molecule is C[C@@H](NP(c1ccccc1)c1ccccc1)[C]1[CH][CH][CH][C]1P(c1ccccc1)c1ccccc1.[CH]1[CH][CH][CH][CH]1.[Fe+2]. The summed E-state index contributed by atoms with van der Waals surface area (Å²) in [6, 6.07) is 43.8. The van der Waals surface area contributed by atoms with E-state index in [-0.39, 0.29) is 23.1 Å². The minimum absolute atomic E-state index is 0. The van der Waals surface area contributed by atoms with Gasteiger partial charge in [0, 0.05) is 25.7 Å². The van der Waals surface area contributed by atoms with Crippen LogP contribution in [0.3, 0.4) is 0 Å². The van der Waals surface area contributed by atoms with Crippen LogP contribution in [0, 0.1) is 62.9 Å². The Morgan fingerprint density at radius 1 is 0.475 bits per heavy atom. The van der Waals surface area contributed by atoms with Crippen molar-refractivity contribution in [3.8, 4) is 0 Å². The first kappa shape index (κ1) is 31.2. The topological polar surface area (TPSA) is 12.0 Å². The van der Waals surface area contributed by atoms with Crippen molar-refractivity contribution >= 4 is 37.2 Å². The second kappa shape index (κ2) is 16.6. The zero-order chi connectivity index (χ0) is 26.7. The van der Waals surface area contributed by atoms with E-state index in [0.29, 0.717) is 0 Å². The van der Waals surface area contributed by atoms with E-state index in [1.165, 1.54) is 32.8 Å². The third-order valence-corrected chi connectivity index (χ3v) is 11.3. The third kappa shape index (κ3) is 8.38. The van der Waals surface area contributed by atoms with Gasteiger partial charge in [0.25, 0.3) is 0 Å². The van der Waals surface area contributed by atoms with Crippen molar-refractivity contribution in [1.82, 2.24) is 5.09 Å². The van der Waals surface area contributed by atoms with Crippen LogP contribution in [0.1, 0.15) is 6.92 Å². The van der Waals surface area contributed by atoms with Gasteiger partial charge in [-0.2, -0.15) is 0 Å². The Morgan fingerprint density at radius 2 is 0.850 bits per heavy atom. The Morgan fingerprint density at radius 3 is 1.25 bits per heavy atom. The molecule has 0 bridgehead atoms. The molecule has 6 rings (SSSR count). The summed E-state index contributed by atoms with van der Waals surface area (Å²) in [5.41, 5.74) is 1.43. The standard InChI is InChI=1S/C31H28NP2.C5H5.Fe/c1-25(32-34(28-19-10-4-11-20-28)29-21-12-5-13-22-29)30-23-14-24-31(30)33(26-15-6-2-7-16-26)27-17-8-3-9-18-27;1-2-4-5-3-1;/h2-25,32H,1H3;1-5H;/q;;+2/t25-;;/m1../s1. The van der Waals surface area contributed by atoms with Gasteiger partial charge in [-0.25, -0.2) is 0 Å². The fourth-order valence-corrected chi connectivity index (χ4v) is 9.23. The van der Waals surface area contributed by atoms with E-state index in [0.717, 1.165) is 0 Å². The van der Waals surface area contributed by atoms with Crippen LogP contribution in [0.4, 0.5) is 0 Å². The van der Waals surface area contributed by atoms with Crippen LogP contribution < -0.4 is 26.3 Å². The molecule has 0 unspecified atom stereocenters. The molecule has 0 aromatic heterocycles. The van der Waals surface area contributed by atoms with E-state index in [1.54, 1.807) is 0 Å². The molecule has 0 spiro atoms. The van der Waals surface area contributed by atoms with Gasteiger partial charge in [0.2, 0.25) is 0 Å². The van der Waals surface area contributed by atoms with Crippen molar-refractivity contribution < 1.29 is 17.1 Å². The number of benzene rings is 4. The fourth-order valence-electron chi connectivity index (χ4n) is 4.61. The molecule has 0 aliphatic heterocycles. The van der Waals surface area contributed by atoms with E-state index in [9.17, 15) is 0 Å². The minimum Gasteiger partial charge on any atom is -0.285 e. The summed E-state index contributed by atoms with van der Waals surface area (Å²) < 4.78 is 0. The molecule has 2 fully saturated rings. The average molecular weight is 597 g/mol. The van der Waals surface area contributed by atoms with Crippen LogP contribution in [0.2, 0.25) is 0 Å². The van der Waals surface area contributed by atoms with Crippen LogP contribution in [0.25, 0.3) is 0 Å². The molecular weight excluding hydrogens is 564 g/mol. The van der Waals surface area contributed by atoms with Crippen molar-refractivity contribution in [1.29, 1.82) is 0 Å². The summed E-state index contributed by atoms with van der Waals surface area (Å²) in [5, 5.41) is 9.49. The van der Waals surface area contributed by atoms with Crippen LogP contribution in [-0.4, -0.2) is 6.04 Å². The zero-order valence-electron chi connectivity index (χ0n) is 22.5. The van der Waals surface area contributed by atoms with E-state index in [2.05, 4.69) is 153 Å². The Hall–Kier alpha value is -1.78. The predicted octanol–water partition coefficient (Wildman–Crippen LogP) is 6.90. The summed E-state index contributed by atoms with van der Waals surface area (Å²) in [4.78, 5) is 0. The minimum atomic E-state index is -0.678. The Labute approximate surface area is 255 Å². The van der Waals surface area contributed by atoms with Gasteiger partial charge in [-0.1, -0.05) is 121 Å². The molecule has 1 N–H and O–H groups in total. The number of nitrogens with one attached hydrogen (secondary N) is 1. The van der Waals surface area contributed by atoms with Crippen LogP contribution in [0.15, 0.2) is 121 Å². The molecule has 4 heteroatoms. The second-order valence-electron chi connectivity index (χ2n) is 9.19. The zero-order valence-corrected chi connectivity index (χ0v) is 25.4. The number of rotatable bonds is 8. The average Bonchev–Trinajstić information content (AvgIpc) is 3.75. The number of hydrogen-bond donors (Lipinski definition) is 1. The van der Waals surface area contributed by atoms with Gasteiger partial charge in [-0.3, -0.25) is 5.09 Å². The molecule has 1 nitrogen and oxygen atoms in total. The normalized spacial score (nSPS) is 16.4. The first-order chi connectivity index (χ1) is 19.3. The molecule has 4 aromatic rings. The van der Waals surface area contributed by atoms with Crippen LogP contribution >= 0.6 is 16.0 Å². The molecule has 0 heterocycles. The Bertz CT molecular complexity index is 1130. The largest absolute Gasteiger partial charge is 2.00 e. The molecule has 1 atom stereocenters. The summed E-state index contributed by atoms with van der Waals surface area (Å²) in [6.45, 7) is 2.31. The predicted molar refractivity (Wildman–Crippen MR) is 172 cm³/mol. The van der Waals surface area contributed by atoms with Gasteiger partial charge in [0.05, 0.1) is 0 Å². The quantitative estimate of drug-likeness (QED) is 0.172. The molecule has 0 amide bonds. The molecular formula is C36H33FeNP2+2. The second-order valence-corrected chi connectivity index (χ2v) is 13.3. The molecule has 2 saturated carbocycles. The van der Waals surface area contributed by atoms with Gasteiger partial charge >= 0.3 is 17.1 Å². The van der Waals surface area contributed by atoms with Gasteiger partial charge in [0.15, 0.2) is 0 Å². The van der Waals surface area contributed by atoms with E-state index in [4.69, 9.17) is 0 Å². The first-order valence-electron chi connectivity index (χ1n) is 13.3. The smallest absolute Gasteiger partial charge is 0.285 e. The van der Waals surface area contributed by atoms with Crippen molar-refractivity contribution in [2.75, 3.05) is 0 Å². The molecule has 0 saturated heterocycles. The van der Waals surface area contributed by atoms with Crippen molar-refractivity contribution in [2.24, 2.45) is 0 Å². The fraction of sp³-hybridized carbons (Fsp3) is 0.0556. The Balaban J connectivity index is 0.000000557. The molecule has 10 radical (unpaired) electrons. The monoisotopic (exact) mass is 597 g/mol. The Kier molecular flexibility index (Phi) is 12.9. The van der Waals surface area contributed by atoms with Crippen LogP contribution in [0.5, 0.6) is 0 Å². The third-order valence-electron chi connectivity index (χ3n) is 6.47. The summed E-state index contributed by atoms with van der Waals surface area (Å²) in [7, 11) is -1.31. The molecule has 2 aliphatic carbocycles.